The lowest BCUT2D eigenvalue weighted by atomic mass is 10.3. The third kappa shape index (κ3) is 4.04. The van der Waals surface area contributed by atoms with Crippen molar-refractivity contribution in [2.75, 3.05) is 5.32 Å². The number of nitrogens with one attached hydrogen (secondary N) is 1. The summed E-state index contributed by atoms with van der Waals surface area (Å²) in [4.78, 5) is 12.6. The Bertz CT molecular complexity index is 1320. The van der Waals surface area contributed by atoms with Gasteiger partial charge in [0.25, 0.3) is 0 Å². The second-order valence-corrected chi connectivity index (χ2v) is 8.34. The summed E-state index contributed by atoms with van der Waals surface area (Å²) in [5, 5.41) is 16.7. The summed E-state index contributed by atoms with van der Waals surface area (Å²) in [5.41, 5.74) is 0.977. The van der Waals surface area contributed by atoms with Crippen LogP contribution in [0.15, 0.2) is 47.3 Å². The van der Waals surface area contributed by atoms with E-state index in [1.807, 2.05) is 0 Å². The van der Waals surface area contributed by atoms with Crippen LogP contribution in [0.2, 0.25) is 15.1 Å². The number of nitrogens with zero attached hydrogens (tertiary/aromatic N) is 4. The average Bonchev–Trinajstić information content (AvgIpc) is 3.15. The summed E-state index contributed by atoms with van der Waals surface area (Å²) in [5.74, 6) is -0.431. The van der Waals surface area contributed by atoms with E-state index < -0.39 is 5.82 Å². The number of benzene rings is 2. The van der Waals surface area contributed by atoms with Crippen LogP contribution in [0.3, 0.4) is 0 Å². The van der Waals surface area contributed by atoms with E-state index in [1.165, 1.54) is 22.9 Å². The van der Waals surface area contributed by atoms with Gasteiger partial charge in [-0.2, -0.15) is 5.10 Å². The highest BCUT2D eigenvalue weighted by molar-refractivity contribution is 7.18. The second kappa shape index (κ2) is 8.31. The summed E-state index contributed by atoms with van der Waals surface area (Å²) >= 11 is 19.5. The fourth-order valence-corrected chi connectivity index (χ4v) is 4.03. The lowest BCUT2D eigenvalue weighted by Crippen LogP contribution is -2.16. The molecule has 0 bridgehead atoms. The molecule has 0 radical (unpaired) electrons. The van der Waals surface area contributed by atoms with Crippen molar-refractivity contribution in [1.82, 2.24) is 20.0 Å². The van der Waals surface area contributed by atoms with Gasteiger partial charge < -0.3 is 5.32 Å². The van der Waals surface area contributed by atoms with Crippen LogP contribution in [0, 0.1) is 12.7 Å². The minimum absolute atomic E-state index is 0.0711. The molecule has 0 aliphatic carbocycles. The molecule has 0 fully saturated rings. The van der Waals surface area contributed by atoms with Crippen LogP contribution >= 0.6 is 46.1 Å². The van der Waals surface area contributed by atoms with Gasteiger partial charge in [-0.1, -0.05) is 58.3 Å². The lowest BCUT2D eigenvalue weighted by molar-refractivity contribution is 0.632. The van der Waals surface area contributed by atoms with Gasteiger partial charge in [-0.25, -0.2) is 9.07 Å². The molecule has 0 saturated carbocycles. The van der Waals surface area contributed by atoms with Crippen molar-refractivity contribution in [1.29, 1.82) is 0 Å². The minimum atomic E-state index is -0.431. The first-order valence-electron chi connectivity index (χ1n) is 8.45. The number of halogens is 4. The van der Waals surface area contributed by atoms with E-state index in [9.17, 15) is 9.18 Å². The standard InChI is InChI=1S/C19H11Cl3FN5OS/c1-9-6-16(29)17(27-28(9)15-8-11(21)10(20)7-12(15)22)18-25-26-19(30-18)24-14-5-3-2-4-13(14)23/h2-8H,1H3,(H,24,26). The van der Waals surface area contributed by atoms with Crippen LogP contribution in [0.5, 0.6) is 0 Å². The fraction of sp³-hybridized carbons (Fsp3) is 0.0526. The molecule has 0 aliphatic heterocycles. The third-order valence-electron chi connectivity index (χ3n) is 4.07. The van der Waals surface area contributed by atoms with Crippen LogP contribution in [-0.2, 0) is 0 Å². The molecule has 11 heteroatoms. The maximum Gasteiger partial charge on any atom is 0.210 e. The van der Waals surface area contributed by atoms with Crippen LogP contribution < -0.4 is 10.7 Å². The Morgan fingerprint density at radius 1 is 1.03 bits per heavy atom. The molecule has 2 aromatic heterocycles. The van der Waals surface area contributed by atoms with E-state index in [0.717, 1.165) is 11.3 Å². The molecule has 0 atom stereocenters. The first kappa shape index (κ1) is 20.7. The van der Waals surface area contributed by atoms with Crippen LogP contribution in [0.1, 0.15) is 5.69 Å². The first-order valence-corrected chi connectivity index (χ1v) is 10.4. The van der Waals surface area contributed by atoms with Crippen LogP contribution in [0.4, 0.5) is 15.2 Å². The molecule has 152 valence electrons. The fourth-order valence-electron chi connectivity index (χ4n) is 2.66. The van der Waals surface area contributed by atoms with Gasteiger partial charge in [-0.05, 0) is 31.2 Å². The molecule has 6 nitrogen and oxygen atoms in total. The molecular formula is C19H11Cl3FN5OS. The van der Waals surface area contributed by atoms with E-state index in [0.29, 0.717) is 31.6 Å². The molecule has 0 amide bonds. The van der Waals surface area contributed by atoms with Gasteiger partial charge in [-0.3, -0.25) is 4.79 Å². The summed E-state index contributed by atoms with van der Waals surface area (Å²) in [6, 6.07) is 10.6. The molecule has 30 heavy (non-hydrogen) atoms. The quantitative estimate of drug-likeness (QED) is 0.367. The zero-order chi connectivity index (χ0) is 21.4. The maximum absolute atomic E-state index is 13.8. The molecule has 2 aromatic carbocycles. The molecule has 4 rings (SSSR count). The molecule has 0 aliphatic rings. The SMILES string of the molecule is Cc1cc(=O)c(-c2nnc(Nc3ccccc3F)s2)nn1-c1cc(Cl)c(Cl)cc1Cl. The van der Waals surface area contributed by atoms with E-state index in [4.69, 9.17) is 34.8 Å². The number of aryl methyl sites for hydroxylation is 1. The minimum Gasteiger partial charge on any atom is -0.328 e. The Morgan fingerprint density at radius 3 is 2.53 bits per heavy atom. The van der Waals surface area contributed by atoms with Crippen LogP contribution in [-0.4, -0.2) is 20.0 Å². The first-order chi connectivity index (χ1) is 14.3. The summed E-state index contributed by atoms with van der Waals surface area (Å²) < 4.78 is 15.3. The van der Waals surface area contributed by atoms with E-state index in [1.54, 1.807) is 31.2 Å². The monoisotopic (exact) mass is 481 g/mol. The van der Waals surface area contributed by atoms with Gasteiger partial charge in [0.1, 0.15) is 5.82 Å². The molecule has 1 N–H and O–H groups in total. The van der Waals surface area contributed by atoms with Crippen molar-refractivity contribution in [2.24, 2.45) is 0 Å². The summed E-state index contributed by atoms with van der Waals surface area (Å²) in [6.07, 6.45) is 0. The van der Waals surface area contributed by atoms with Crippen molar-refractivity contribution in [3.63, 3.8) is 0 Å². The van der Waals surface area contributed by atoms with Gasteiger partial charge in [0.15, 0.2) is 10.7 Å². The second-order valence-electron chi connectivity index (χ2n) is 6.15. The maximum atomic E-state index is 13.8. The van der Waals surface area contributed by atoms with Gasteiger partial charge >= 0.3 is 0 Å². The Morgan fingerprint density at radius 2 is 1.77 bits per heavy atom. The number of hydrogen-bond acceptors (Lipinski definition) is 6. The zero-order valence-electron chi connectivity index (χ0n) is 15.2. The van der Waals surface area contributed by atoms with Crippen molar-refractivity contribution in [3.8, 4) is 16.4 Å². The number of para-hydroxylation sites is 1. The Kier molecular flexibility index (Phi) is 5.75. The molecule has 2 heterocycles. The van der Waals surface area contributed by atoms with E-state index >= 15 is 0 Å². The number of anilines is 2. The number of aromatic nitrogens is 4. The zero-order valence-corrected chi connectivity index (χ0v) is 18.2. The molecule has 0 saturated heterocycles. The molecule has 0 unspecified atom stereocenters. The summed E-state index contributed by atoms with van der Waals surface area (Å²) in [6.45, 7) is 1.71. The highest BCUT2D eigenvalue weighted by Crippen LogP contribution is 2.32. The highest BCUT2D eigenvalue weighted by atomic mass is 35.5. The Labute approximate surface area is 188 Å². The topological polar surface area (TPSA) is 72.7 Å². The van der Waals surface area contributed by atoms with Gasteiger partial charge in [0, 0.05) is 11.8 Å². The lowest BCUT2D eigenvalue weighted by Gasteiger charge is -2.13. The van der Waals surface area contributed by atoms with Crippen LogP contribution in [0.25, 0.3) is 16.4 Å². The van der Waals surface area contributed by atoms with E-state index in [2.05, 4.69) is 20.6 Å². The molecule has 4 aromatic rings. The van der Waals surface area contributed by atoms with Crippen molar-refractivity contribution in [2.45, 2.75) is 6.92 Å². The predicted octanol–water partition coefficient (Wildman–Crippen LogP) is 5.90. The van der Waals surface area contributed by atoms with Gasteiger partial charge in [0.2, 0.25) is 10.6 Å². The van der Waals surface area contributed by atoms with Crippen molar-refractivity contribution >= 4 is 57.0 Å². The molecular weight excluding hydrogens is 472 g/mol. The average molecular weight is 483 g/mol. The molecule has 0 spiro atoms. The van der Waals surface area contributed by atoms with Gasteiger partial charge in [0.05, 0.1) is 26.4 Å². The Hall–Kier alpha value is -2.52. The van der Waals surface area contributed by atoms with Gasteiger partial charge in [-0.15, -0.1) is 10.2 Å². The smallest absolute Gasteiger partial charge is 0.210 e. The van der Waals surface area contributed by atoms with E-state index in [-0.39, 0.29) is 21.8 Å². The largest absolute Gasteiger partial charge is 0.328 e. The van der Waals surface area contributed by atoms with Crippen molar-refractivity contribution < 1.29 is 4.39 Å². The third-order valence-corrected chi connectivity index (χ3v) is 5.94. The highest BCUT2D eigenvalue weighted by Gasteiger charge is 2.17. The predicted molar refractivity (Wildman–Crippen MR) is 118 cm³/mol. The van der Waals surface area contributed by atoms with Crippen molar-refractivity contribution in [3.05, 3.63) is 79.3 Å². The summed E-state index contributed by atoms with van der Waals surface area (Å²) in [7, 11) is 0. The number of hydrogen-bond donors (Lipinski definition) is 1. The number of rotatable bonds is 4. The Balaban J connectivity index is 1.75. The normalized spacial score (nSPS) is 11.0.